The zero-order valence-electron chi connectivity index (χ0n) is 13.6. The molecular weight excluding hydrogens is 252 g/mol. The standard InChI is InChI=1S/C15H28N4O/c1-7-13-18-14(16-8-2)11(5)15(19-13)17-12(9-20-6)10(3)4/h10,12H,7-9H2,1-6H3,(H2,16,17,18,19). The number of ether oxygens (including phenoxy) is 1. The van der Waals surface area contributed by atoms with E-state index in [4.69, 9.17) is 4.74 Å². The summed E-state index contributed by atoms with van der Waals surface area (Å²) in [5.74, 6) is 3.15. The summed E-state index contributed by atoms with van der Waals surface area (Å²) in [6.07, 6.45) is 0.823. The first-order valence-corrected chi connectivity index (χ1v) is 7.40. The molecule has 0 saturated heterocycles. The lowest BCUT2D eigenvalue weighted by atomic mass is 10.1. The molecule has 0 spiro atoms. The maximum atomic E-state index is 5.29. The van der Waals surface area contributed by atoms with Gasteiger partial charge in [-0.05, 0) is 19.8 Å². The Kier molecular flexibility index (Phi) is 6.71. The predicted molar refractivity (Wildman–Crippen MR) is 84.4 cm³/mol. The highest BCUT2D eigenvalue weighted by Gasteiger charge is 2.17. The van der Waals surface area contributed by atoms with Crippen molar-refractivity contribution in [3.63, 3.8) is 0 Å². The molecule has 114 valence electrons. The van der Waals surface area contributed by atoms with Crippen molar-refractivity contribution in [1.82, 2.24) is 9.97 Å². The lowest BCUT2D eigenvalue weighted by Gasteiger charge is -2.24. The maximum absolute atomic E-state index is 5.29. The lowest BCUT2D eigenvalue weighted by Crippen LogP contribution is -2.31. The largest absolute Gasteiger partial charge is 0.383 e. The molecular formula is C15H28N4O. The number of nitrogens with one attached hydrogen (secondary N) is 2. The van der Waals surface area contributed by atoms with Crippen LogP contribution in [0.2, 0.25) is 0 Å². The van der Waals surface area contributed by atoms with Crippen molar-refractivity contribution in [3.8, 4) is 0 Å². The van der Waals surface area contributed by atoms with Crippen molar-refractivity contribution in [1.29, 1.82) is 0 Å². The molecule has 0 aliphatic heterocycles. The van der Waals surface area contributed by atoms with Gasteiger partial charge in [-0.15, -0.1) is 0 Å². The van der Waals surface area contributed by atoms with Crippen LogP contribution in [0.25, 0.3) is 0 Å². The minimum atomic E-state index is 0.243. The van der Waals surface area contributed by atoms with E-state index in [0.717, 1.165) is 36.0 Å². The van der Waals surface area contributed by atoms with Crippen molar-refractivity contribution >= 4 is 11.6 Å². The van der Waals surface area contributed by atoms with E-state index in [1.54, 1.807) is 7.11 Å². The zero-order valence-corrected chi connectivity index (χ0v) is 13.6. The molecule has 1 rings (SSSR count). The molecule has 1 heterocycles. The molecule has 1 unspecified atom stereocenters. The maximum Gasteiger partial charge on any atom is 0.135 e. The monoisotopic (exact) mass is 280 g/mol. The Morgan fingerprint density at radius 2 is 1.80 bits per heavy atom. The Morgan fingerprint density at radius 1 is 1.15 bits per heavy atom. The molecule has 1 aromatic heterocycles. The van der Waals surface area contributed by atoms with Gasteiger partial charge >= 0.3 is 0 Å². The second-order valence-corrected chi connectivity index (χ2v) is 5.30. The number of anilines is 2. The molecule has 0 saturated carbocycles. The molecule has 0 aliphatic carbocycles. The summed E-state index contributed by atoms with van der Waals surface area (Å²) in [5, 5.41) is 6.81. The minimum Gasteiger partial charge on any atom is -0.383 e. The van der Waals surface area contributed by atoms with Crippen LogP contribution in [0, 0.1) is 12.8 Å². The normalized spacial score (nSPS) is 12.6. The predicted octanol–water partition coefficient (Wildman–Crippen LogP) is 2.86. The second kappa shape index (κ2) is 8.04. The van der Waals surface area contributed by atoms with Crippen LogP contribution in [0.4, 0.5) is 11.6 Å². The third-order valence-corrected chi connectivity index (χ3v) is 3.33. The number of aromatic nitrogens is 2. The topological polar surface area (TPSA) is 59.1 Å². The van der Waals surface area contributed by atoms with Crippen molar-refractivity contribution in [2.45, 2.75) is 47.1 Å². The second-order valence-electron chi connectivity index (χ2n) is 5.30. The van der Waals surface area contributed by atoms with Crippen LogP contribution in [-0.4, -0.2) is 36.3 Å². The number of aryl methyl sites for hydroxylation is 1. The highest BCUT2D eigenvalue weighted by atomic mass is 16.5. The fourth-order valence-corrected chi connectivity index (χ4v) is 1.96. The Bertz CT molecular complexity index is 421. The molecule has 2 N–H and O–H groups in total. The summed E-state index contributed by atoms with van der Waals surface area (Å²) >= 11 is 0. The van der Waals surface area contributed by atoms with Crippen LogP contribution >= 0.6 is 0 Å². The molecule has 0 fully saturated rings. The number of hydrogen-bond acceptors (Lipinski definition) is 5. The van der Waals surface area contributed by atoms with Gasteiger partial charge in [-0.3, -0.25) is 0 Å². The number of hydrogen-bond donors (Lipinski definition) is 2. The third-order valence-electron chi connectivity index (χ3n) is 3.33. The molecule has 1 atom stereocenters. The molecule has 0 aromatic carbocycles. The molecule has 5 heteroatoms. The van der Waals surface area contributed by atoms with E-state index in [2.05, 4.69) is 48.3 Å². The fourth-order valence-electron chi connectivity index (χ4n) is 1.96. The van der Waals surface area contributed by atoms with E-state index < -0.39 is 0 Å². The van der Waals surface area contributed by atoms with E-state index in [1.807, 2.05) is 6.92 Å². The highest BCUT2D eigenvalue weighted by Crippen LogP contribution is 2.22. The molecule has 0 bridgehead atoms. The van der Waals surface area contributed by atoms with Gasteiger partial charge in [0, 0.05) is 25.6 Å². The van der Waals surface area contributed by atoms with Gasteiger partial charge in [-0.2, -0.15) is 0 Å². The van der Waals surface area contributed by atoms with Crippen LogP contribution in [-0.2, 0) is 11.2 Å². The van der Waals surface area contributed by atoms with Crippen molar-refractivity contribution in [2.24, 2.45) is 5.92 Å². The van der Waals surface area contributed by atoms with Crippen LogP contribution in [0.15, 0.2) is 0 Å². The fraction of sp³-hybridized carbons (Fsp3) is 0.733. The van der Waals surface area contributed by atoms with Gasteiger partial charge < -0.3 is 15.4 Å². The summed E-state index contributed by atoms with van der Waals surface area (Å²) in [7, 11) is 1.73. The van der Waals surface area contributed by atoms with E-state index in [-0.39, 0.29) is 6.04 Å². The van der Waals surface area contributed by atoms with Gasteiger partial charge in [-0.1, -0.05) is 20.8 Å². The summed E-state index contributed by atoms with van der Waals surface area (Å²) in [4.78, 5) is 9.17. The smallest absolute Gasteiger partial charge is 0.135 e. The van der Waals surface area contributed by atoms with Crippen molar-refractivity contribution < 1.29 is 4.74 Å². The first-order chi connectivity index (χ1) is 9.53. The van der Waals surface area contributed by atoms with E-state index in [9.17, 15) is 0 Å². The van der Waals surface area contributed by atoms with Crippen molar-refractivity contribution in [2.75, 3.05) is 30.9 Å². The van der Waals surface area contributed by atoms with Crippen LogP contribution in [0.3, 0.4) is 0 Å². The molecule has 5 nitrogen and oxygen atoms in total. The highest BCUT2D eigenvalue weighted by molar-refractivity contribution is 5.57. The average molecular weight is 280 g/mol. The van der Waals surface area contributed by atoms with Gasteiger partial charge in [0.2, 0.25) is 0 Å². The molecule has 1 aromatic rings. The van der Waals surface area contributed by atoms with Gasteiger partial charge in [0.05, 0.1) is 12.6 Å². The Labute approximate surface area is 122 Å². The summed E-state index contributed by atoms with van der Waals surface area (Å²) in [6, 6.07) is 0.243. The van der Waals surface area contributed by atoms with E-state index >= 15 is 0 Å². The SMILES string of the molecule is CCNc1nc(CC)nc(NC(COC)C(C)C)c1C. The van der Waals surface area contributed by atoms with Gasteiger partial charge in [-0.25, -0.2) is 9.97 Å². The quantitative estimate of drug-likeness (QED) is 0.767. The molecule has 0 aliphatic rings. The van der Waals surface area contributed by atoms with Gasteiger partial charge in [0.15, 0.2) is 0 Å². The summed E-state index contributed by atoms with van der Waals surface area (Å²) in [5.41, 5.74) is 1.06. The first kappa shape index (κ1) is 16.7. The zero-order chi connectivity index (χ0) is 15.1. The molecule has 0 radical (unpaired) electrons. The number of nitrogens with zero attached hydrogens (tertiary/aromatic N) is 2. The lowest BCUT2D eigenvalue weighted by molar-refractivity contribution is 0.171. The average Bonchev–Trinajstić information content (AvgIpc) is 2.42. The Balaban J connectivity index is 3.05. The minimum absolute atomic E-state index is 0.243. The van der Waals surface area contributed by atoms with Crippen LogP contribution in [0.5, 0.6) is 0 Å². The van der Waals surface area contributed by atoms with E-state index in [0.29, 0.717) is 12.5 Å². The third kappa shape index (κ3) is 4.34. The molecule has 20 heavy (non-hydrogen) atoms. The summed E-state index contributed by atoms with van der Waals surface area (Å²) in [6.45, 7) is 12.1. The first-order valence-electron chi connectivity index (χ1n) is 7.40. The summed E-state index contributed by atoms with van der Waals surface area (Å²) < 4.78 is 5.29. The van der Waals surface area contributed by atoms with Gasteiger partial charge in [0.1, 0.15) is 17.5 Å². The number of methoxy groups -OCH3 is 1. The molecule has 0 amide bonds. The van der Waals surface area contributed by atoms with Crippen molar-refractivity contribution in [3.05, 3.63) is 11.4 Å². The Hall–Kier alpha value is -1.36. The van der Waals surface area contributed by atoms with Gasteiger partial charge in [0.25, 0.3) is 0 Å². The van der Waals surface area contributed by atoms with Crippen LogP contribution in [0.1, 0.15) is 39.1 Å². The number of rotatable bonds is 8. The van der Waals surface area contributed by atoms with Crippen LogP contribution < -0.4 is 10.6 Å². The van der Waals surface area contributed by atoms with E-state index in [1.165, 1.54) is 0 Å². The Morgan fingerprint density at radius 3 is 2.30 bits per heavy atom.